The number of pyridine rings is 1. The van der Waals surface area contributed by atoms with Crippen molar-refractivity contribution in [1.82, 2.24) is 19.9 Å². The third-order valence-electron chi connectivity index (χ3n) is 5.76. The van der Waals surface area contributed by atoms with Gasteiger partial charge in [-0.25, -0.2) is 4.98 Å². The van der Waals surface area contributed by atoms with Gasteiger partial charge in [-0.15, -0.1) is 13.2 Å². The highest BCUT2D eigenvalue weighted by atomic mass is 19.4. The number of hydrogen-bond donors (Lipinski definition) is 2. The van der Waals surface area contributed by atoms with Gasteiger partial charge in [-0.1, -0.05) is 24.3 Å². The Labute approximate surface area is 215 Å². The zero-order chi connectivity index (χ0) is 26.5. The summed E-state index contributed by atoms with van der Waals surface area (Å²) in [6.07, 6.45) is 0.365. The molecule has 7 nitrogen and oxygen atoms in total. The summed E-state index contributed by atoms with van der Waals surface area (Å²) in [5.74, 6) is -0.459. The van der Waals surface area contributed by atoms with E-state index in [0.29, 0.717) is 24.2 Å². The van der Waals surface area contributed by atoms with Crippen LogP contribution < -0.4 is 15.4 Å². The van der Waals surface area contributed by atoms with Crippen LogP contribution in [0.15, 0.2) is 97.6 Å². The standard InChI is InChI=1S/C28H22F3N5O2/c29-28(30,31)38-24-9-6-19(7-10-24)16-33-22-4-1-5-23(14-22)36-18-35-25-13-21(8-11-26(25)36)27(37)34-17-20-3-2-12-32-15-20/h1-15,18,33H,16-17H2,(H,34,37). The van der Waals surface area contributed by atoms with E-state index in [-0.39, 0.29) is 11.7 Å². The van der Waals surface area contributed by atoms with E-state index in [4.69, 9.17) is 0 Å². The van der Waals surface area contributed by atoms with Crippen molar-refractivity contribution in [3.8, 4) is 11.4 Å². The lowest BCUT2D eigenvalue weighted by Crippen LogP contribution is -2.22. The molecular formula is C28H22F3N5O2. The summed E-state index contributed by atoms with van der Waals surface area (Å²) in [5.41, 5.74) is 5.42. The number of nitrogens with zero attached hydrogens (tertiary/aromatic N) is 3. The molecule has 0 aliphatic heterocycles. The number of fused-ring (bicyclic) bond motifs is 1. The summed E-state index contributed by atoms with van der Waals surface area (Å²) in [6.45, 7) is 0.794. The maximum absolute atomic E-state index is 12.6. The molecular weight excluding hydrogens is 495 g/mol. The van der Waals surface area contributed by atoms with Gasteiger partial charge >= 0.3 is 6.36 Å². The number of imidazole rings is 1. The average molecular weight is 518 g/mol. The van der Waals surface area contributed by atoms with Crippen LogP contribution in [0.25, 0.3) is 16.7 Å². The summed E-state index contributed by atoms with van der Waals surface area (Å²) in [4.78, 5) is 21.1. The lowest BCUT2D eigenvalue weighted by Gasteiger charge is -2.11. The molecule has 0 saturated heterocycles. The molecule has 0 fully saturated rings. The predicted molar refractivity (Wildman–Crippen MR) is 137 cm³/mol. The van der Waals surface area contributed by atoms with E-state index in [2.05, 4.69) is 25.3 Å². The van der Waals surface area contributed by atoms with Gasteiger partial charge in [0.25, 0.3) is 5.91 Å². The fourth-order valence-electron chi connectivity index (χ4n) is 3.93. The van der Waals surface area contributed by atoms with Crippen molar-refractivity contribution in [3.05, 3.63) is 114 Å². The molecule has 2 N–H and O–H groups in total. The summed E-state index contributed by atoms with van der Waals surface area (Å²) in [6, 6.07) is 22.5. The second kappa shape index (κ2) is 10.6. The number of carbonyl (C=O) groups is 1. The Balaban J connectivity index is 1.25. The van der Waals surface area contributed by atoms with Crippen molar-refractivity contribution in [2.24, 2.45) is 0 Å². The number of carbonyl (C=O) groups excluding carboxylic acids is 1. The number of hydrogen-bond acceptors (Lipinski definition) is 5. The number of aromatic nitrogens is 3. The first-order chi connectivity index (χ1) is 18.3. The molecule has 2 heterocycles. The maximum Gasteiger partial charge on any atom is 0.573 e. The molecule has 10 heteroatoms. The van der Waals surface area contributed by atoms with Crippen LogP contribution in [0.1, 0.15) is 21.5 Å². The molecule has 1 amide bonds. The quantitative estimate of drug-likeness (QED) is 0.270. The molecule has 0 aliphatic carbocycles. The molecule has 0 bridgehead atoms. The van der Waals surface area contributed by atoms with E-state index < -0.39 is 6.36 Å². The van der Waals surface area contributed by atoms with Gasteiger partial charge in [-0.3, -0.25) is 14.3 Å². The molecule has 5 rings (SSSR count). The van der Waals surface area contributed by atoms with E-state index in [1.807, 2.05) is 47.0 Å². The SMILES string of the molecule is O=C(NCc1cccnc1)c1ccc2c(c1)ncn2-c1cccc(NCc2ccc(OC(F)(F)F)cc2)c1. The van der Waals surface area contributed by atoms with E-state index in [1.165, 1.54) is 12.1 Å². The first-order valence-electron chi connectivity index (χ1n) is 11.7. The Hall–Kier alpha value is -4.86. The minimum Gasteiger partial charge on any atom is -0.406 e. The van der Waals surface area contributed by atoms with Crippen LogP contribution in [-0.4, -0.2) is 26.8 Å². The number of halogens is 3. The maximum atomic E-state index is 12.6. The monoisotopic (exact) mass is 517 g/mol. The second-order valence-electron chi connectivity index (χ2n) is 8.46. The van der Waals surface area contributed by atoms with Gasteiger partial charge in [0.1, 0.15) is 12.1 Å². The number of ether oxygens (including phenoxy) is 1. The van der Waals surface area contributed by atoms with Crippen molar-refractivity contribution >= 4 is 22.6 Å². The molecule has 0 atom stereocenters. The molecule has 2 aromatic heterocycles. The third-order valence-corrected chi connectivity index (χ3v) is 5.76. The van der Waals surface area contributed by atoms with Gasteiger partial charge in [0.05, 0.1) is 11.0 Å². The Bertz CT molecular complexity index is 1550. The molecule has 192 valence electrons. The fraction of sp³-hybridized carbons (Fsp3) is 0.107. The molecule has 38 heavy (non-hydrogen) atoms. The fourth-order valence-corrected chi connectivity index (χ4v) is 3.93. The highest BCUT2D eigenvalue weighted by Crippen LogP contribution is 2.24. The minimum atomic E-state index is -4.72. The molecule has 5 aromatic rings. The van der Waals surface area contributed by atoms with Crippen LogP contribution in [0, 0.1) is 0 Å². The van der Waals surface area contributed by atoms with Crippen LogP contribution in [-0.2, 0) is 13.1 Å². The highest BCUT2D eigenvalue weighted by Gasteiger charge is 2.30. The molecule has 0 saturated carbocycles. The van der Waals surface area contributed by atoms with Gasteiger partial charge in [0.15, 0.2) is 0 Å². The van der Waals surface area contributed by atoms with E-state index in [0.717, 1.165) is 28.0 Å². The normalized spacial score (nSPS) is 11.3. The lowest BCUT2D eigenvalue weighted by atomic mass is 10.1. The summed E-state index contributed by atoms with van der Waals surface area (Å²) in [5, 5.41) is 6.16. The lowest BCUT2D eigenvalue weighted by molar-refractivity contribution is -0.274. The molecule has 0 aliphatic rings. The molecule has 0 unspecified atom stereocenters. The minimum absolute atomic E-state index is 0.200. The van der Waals surface area contributed by atoms with Gasteiger partial charge in [-0.05, 0) is 65.7 Å². The third kappa shape index (κ3) is 6.09. The van der Waals surface area contributed by atoms with E-state index in [9.17, 15) is 18.0 Å². The second-order valence-corrected chi connectivity index (χ2v) is 8.46. The van der Waals surface area contributed by atoms with Crippen LogP contribution in [0.5, 0.6) is 5.75 Å². The molecule has 0 spiro atoms. The number of alkyl halides is 3. The van der Waals surface area contributed by atoms with Crippen LogP contribution in [0.2, 0.25) is 0 Å². The van der Waals surface area contributed by atoms with Gasteiger partial charge in [-0.2, -0.15) is 0 Å². The Kier molecular flexibility index (Phi) is 6.94. The molecule has 0 radical (unpaired) electrons. The number of amides is 1. The van der Waals surface area contributed by atoms with Crippen molar-refractivity contribution in [2.75, 3.05) is 5.32 Å². The van der Waals surface area contributed by atoms with Crippen molar-refractivity contribution < 1.29 is 22.7 Å². The van der Waals surface area contributed by atoms with E-state index in [1.54, 1.807) is 43.0 Å². The number of rotatable bonds is 8. The first-order valence-corrected chi connectivity index (χ1v) is 11.7. The van der Waals surface area contributed by atoms with Crippen LogP contribution in [0.3, 0.4) is 0 Å². The van der Waals surface area contributed by atoms with Crippen molar-refractivity contribution in [2.45, 2.75) is 19.5 Å². The zero-order valence-electron chi connectivity index (χ0n) is 19.9. The summed E-state index contributed by atoms with van der Waals surface area (Å²) < 4.78 is 42.9. The molecule has 3 aromatic carbocycles. The average Bonchev–Trinajstić information content (AvgIpc) is 3.35. The van der Waals surface area contributed by atoms with Crippen LogP contribution in [0.4, 0.5) is 18.9 Å². The smallest absolute Gasteiger partial charge is 0.406 e. The van der Waals surface area contributed by atoms with Crippen molar-refractivity contribution in [3.63, 3.8) is 0 Å². The van der Waals surface area contributed by atoms with Gasteiger partial charge < -0.3 is 15.4 Å². The highest BCUT2D eigenvalue weighted by molar-refractivity contribution is 5.97. The topological polar surface area (TPSA) is 81.1 Å². The summed E-state index contributed by atoms with van der Waals surface area (Å²) in [7, 11) is 0. The van der Waals surface area contributed by atoms with Crippen LogP contribution >= 0.6 is 0 Å². The van der Waals surface area contributed by atoms with Crippen molar-refractivity contribution in [1.29, 1.82) is 0 Å². The Morgan fingerprint density at radius 1 is 0.921 bits per heavy atom. The van der Waals surface area contributed by atoms with Gasteiger partial charge in [0.2, 0.25) is 0 Å². The van der Waals surface area contributed by atoms with E-state index >= 15 is 0 Å². The largest absolute Gasteiger partial charge is 0.573 e. The number of benzene rings is 3. The number of anilines is 1. The predicted octanol–water partition coefficient (Wildman–Crippen LogP) is 5.86. The zero-order valence-corrected chi connectivity index (χ0v) is 19.9. The van der Waals surface area contributed by atoms with Gasteiger partial charge in [0, 0.05) is 42.4 Å². The Morgan fingerprint density at radius 2 is 1.76 bits per heavy atom. The summed E-state index contributed by atoms with van der Waals surface area (Å²) >= 11 is 0. The first kappa shape index (κ1) is 24.8. The Morgan fingerprint density at radius 3 is 2.53 bits per heavy atom. The number of nitrogens with one attached hydrogen (secondary N) is 2.